The molecule has 2 heterocycles. The molecule has 1 N–H and O–H groups in total. The van der Waals surface area contributed by atoms with Gasteiger partial charge in [-0.25, -0.2) is 9.97 Å². The van der Waals surface area contributed by atoms with Gasteiger partial charge in [-0.05, 0) is 45.2 Å². The highest BCUT2D eigenvalue weighted by Crippen LogP contribution is 2.24. The molecule has 0 radical (unpaired) electrons. The fraction of sp³-hybridized carbons (Fsp3) is 0.444. The molecule has 1 aromatic carbocycles. The predicted octanol–water partition coefficient (Wildman–Crippen LogP) is 3.34. The average molecular weight is 296 g/mol. The molecule has 0 unspecified atom stereocenters. The van der Waals surface area contributed by atoms with E-state index in [4.69, 9.17) is 0 Å². The van der Waals surface area contributed by atoms with E-state index in [1.807, 2.05) is 13.8 Å². The monoisotopic (exact) mass is 296 g/mol. The Labute approximate surface area is 132 Å². The lowest BCUT2D eigenvalue weighted by atomic mass is 10.1. The third-order valence-electron chi connectivity index (χ3n) is 4.47. The molecule has 3 rings (SSSR count). The second kappa shape index (κ2) is 6.34. The molecule has 2 aromatic rings. The molecular formula is C18H24N4. The van der Waals surface area contributed by atoms with Crippen molar-refractivity contribution in [3.63, 3.8) is 0 Å². The molecular weight excluding hydrogens is 272 g/mol. The predicted molar refractivity (Wildman–Crippen MR) is 91.5 cm³/mol. The average Bonchev–Trinajstić information content (AvgIpc) is 2.99. The van der Waals surface area contributed by atoms with E-state index in [1.165, 1.54) is 12.1 Å². The summed E-state index contributed by atoms with van der Waals surface area (Å²) in [5, 5.41) is 3.53. The molecule has 1 fully saturated rings. The van der Waals surface area contributed by atoms with E-state index in [0.717, 1.165) is 42.5 Å². The van der Waals surface area contributed by atoms with E-state index in [0.29, 0.717) is 5.92 Å². The molecule has 0 aliphatic carbocycles. The smallest absolute Gasteiger partial charge is 0.132 e. The fourth-order valence-electron chi connectivity index (χ4n) is 3.05. The molecule has 116 valence electrons. The van der Waals surface area contributed by atoms with Crippen molar-refractivity contribution in [2.24, 2.45) is 5.92 Å². The van der Waals surface area contributed by atoms with Gasteiger partial charge in [0.05, 0.1) is 0 Å². The van der Waals surface area contributed by atoms with Crippen LogP contribution in [0.4, 0.5) is 11.5 Å². The largest absolute Gasteiger partial charge is 0.371 e. The zero-order valence-electron chi connectivity index (χ0n) is 13.6. The number of nitrogens with zero attached hydrogens (tertiary/aromatic N) is 3. The van der Waals surface area contributed by atoms with Crippen molar-refractivity contribution < 1.29 is 0 Å². The molecule has 1 aromatic heterocycles. The Morgan fingerprint density at radius 1 is 1.14 bits per heavy atom. The lowest BCUT2D eigenvalue weighted by Crippen LogP contribution is -2.23. The van der Waals surface area contributed by atoms with Crippen LogP contribution in [0.15, 0.2) is 30.3 Å². The molecule has 1 aliphatic rings. The van der Waals surface area contributed by atoms with Gasteiger partial charge in [0.1, 0.15) is 11.6 Å². The maximum absolute atomic E-state index is 4.54. The van der Waals surface area contributed by atoms with Crippen molar-refractivity contribution in [3.8, 4) is 0 Å². The van der Waals surface area contributed by atoms with Crippen LogP contribution in [0.3, 0.4) is 0 Å². The molecule has 0 amide bonds. The maximum atomic E-state index is 4.54. The molecule has 4 nitrogen and oxygen atoms in total. The lowest BCUT2D eigenvalue weighted by Gasteiger charge is -2.19. The Morgan fingerprint density at radius 3 is 2.68 bits per heavy atom. The van der Waals surface area contributed by atoms with Crippen LogP contribution in [0.25, 0.3) is 0 Å². The van der Waals surface area contributed by atoms with E-state index in [9.17, 15) is 0 Å². The van der Waals surface area contributed by atoms with Crippen molar-refractivity contribution >= 4 is 11.5 Å². The number of aryl methyl sites for hydroxylation is 2. The molecule has 4 heteroatoms. The van der Waals surface area contributed by atoms with Crippen LogP contribution < -0.4 is 10.2 Å². The van der Waals surface area contributed by atoms with Gasteiger partial charge in [0, 0.05) is 36.6 Å². The highest BCUT2D eigenvalue weighted by Gasteiger charge is 2.22. The number of hydrogen-bond acceptors (Lipinski definition) is 4. The Morgan fingerprint density at radius 2 is 1.91 bits per heavy atom. The number of benzene rings is 1. The summed E-state index contributed by atoms with van der Waals surface area (Å²) in [6, 6.07) is 10.7. The normalized spacial score (nSPS) is 17.8. The zero-order chi connectivity index (χ0) is 15.5. The second-order valence-electron chi connectivity index (χ2n) is 6.15. The van der Waals surface area contributed by atoms with Gasteiger partial charge in [0.15, 0.2) is 0 Å². The van der Waals surface area contributed by atoms with Gasteiger partial charge in [0.2, 0.25) is 0 Å². The summed E-state index contributed by atoms with van der Waals surface area (Å²) in [5.74, 6) is 2.49. The number of para-hydroxylation sites is 1. The minimum Gasteiger partial charge on any atom is -0.371 e. The Hall–Kier alpha value is -2.10. The highest BCUT2D eigenvalue weighted by molar-refractivity contribution is 5.48. The van der Waals surface area contributed by atoms with Crippen molar-refractivity contribution in [2.45, 2.75) is 27.2 Å². The van der Waals surface area contributed by atoms with Crippen LogP contribution in [-0.4, -0.2) is 29.6 Å². The summed E-state index contributed by atoms with van der Waals surface area (Å²) < 4.78 is 0. The summed E-state index contributed by atoms with van der Waals surface area (Å²) in [6.07, 6.45) is 1.23. The van der Waals surface area contributed by atoms with E-state index in [-0.39, 0.29) is 0 Å². The van der Waals surface area contributed by atoms with Crippen molar-refractivity contribution in [2.75, 3.05) is 29.9 Å². The highest BCUT2D eigenvalue weighted by atomic mass is 15.2. The van der Waals surface area contributed by atoms with Crippen LogP contribution >= 0.6 is 0 Å². The summed E-state index contributed by atoms with van der Waals surface area (Å²) in [7, 11) is 0. The van der Waals surface area contributed by atoms with Gasteiger partial charge in [-0.2, -0.15) is 0 Å². The van der Waals surface area contributed by atoms with Crippen LogP contribution in [-0.2, 0) is 0 Å². The minimum atomic E-state index is 0.662. The Bertz CT molecular complexity index is 639. The first-order valence-electron chi connectivity index (χ1n) is 7.99. The van der Waals surface area contributed by atoms with E-state index in [1.54, 1.807) is 0 Å². The number of rotatable bonds is 4. The van der Waals surface area contributed by atoms with E-state index in [2.05, 4.69) is 57.4 Å². The van der Waals surface area contributed by atoms with E-state index >= 15 is 0 Å². The van der Waals surface area contributed by atoms with Gasteiger partial charge in [-0.1, -0.05) is 18.2 Å². The molecule has 22 heavy (non-hydrogen) atoms. The van der Waals surface area contributed by atoms with Gasteiger partial charge < -0.3 is 10.2 Å². The first-order chi connectivity index (χ1) is 10.6. The zero-order valence-corrected chi connectivity index (χ0v) is 13.6. The molecule has 0 spiro atoms. The Kier molecular flexibility index (Phi) is 4.27. The van der Waals surface area contributed by atoms with Crippen molar-refractivity contribution in [1.29, 1.82) is 0 Å². The molecule has 1 saturated heterocycles. The third-order valence-corrected chi connectivity index (χ3v) is 4.47. The topological polar surface area (TPSA) is 41.1 Å². The number of nitrogens with one attached hydrogen (secondary N) is 1. The number of hydrogen-bond donors (Lipinski definition) is 1. The fourth-order valence-corrected chi connectivity index (χ4v) is 3.05. The first-order valence-corrected chi connectivity index (χ1v) is 7.99. The molecule has 0 saturated carbocycles. The third kappa shape index (κ3) is 3.21. The van der Waals surface area contributed by atoms with Gasteiger partial charge in [-0.15, -0.1) is 0 Å². The lowest BCUT2D eigenvalue weighted by molar-refractivity contribution is 0.620. The van der Waals surface area contributed by atoms with Gasteiger partial charge >= 0.3 is 0 Å². The number of aromatic nitrogens is 2. The van der Waals surface area contributed by atoms with E-state index < -0.39 is 0 Å². The van der Waals surface area contributed by atoms with Crippen molar-refractivity contribution in [1.82, 2.24) is 9.97 Å². The standard InChI is InChI=1S/C18H24N4/c1-13-14(2)20-15(3)21-18(13)19-11-16-9-10-22(12-16)17-7-5-4-6-8-17/h4-8,16H,9-12H2,1-3H3,(H,19,20,21)/t16-/m1/s1. The second-order valence-corrected chi connectivity index (χ2v) is 6.15. The van der Waals surface area contributed by atoms with Gasteiger partial charge in [0.25, 0.3) is 0 Å². The van der Waals surface area contributed by atoms with Gasteiger partial charge in [-0.3, -0.25) is 0 Å². The first kappa shape index (κ1) is 14.8. The molecule has 0 bridgehead atoms. The molecule has 1 aliphatic heterocycles. The quantitative estimate of drug-likeness (QED) is 0.939. The van der Waals surface area contributed by atoms with Crippen LogP contribution in [0.2, 0.25) is 0 Å². The summed E-state index contributed by atoms with van der Waals surface area (Å²) in [5.41, 5.74) is 3.55. The SMILES string of the molecule is Cc1nc(C)c(C)c(NC[C@H]2CCN(c3ccccc3)C2)n1. The number of anilines is 2. The summed E-state index contributed by atoms with van der Waals surface area (Å²) in [4.78, 5) is 11.4. The summed E-state index contributed by atoms with van der Waals surface area (Å²) >= 11 is 0. The Balaban J connectivity index is 1.60. The molecule has 1 atom stereocenters. The van der Waals surface area contributed by atoms with Crippen LogP contribution in [0, 0.1) is 26.7 Å². The van der Waals surface area contributed by atoms with Crippen molar-refractivity contribution in [3.05, 3.63) is 47.4 Å². The van der Waals surface area contributed by atoms with Crippen LogP contribution in [0.5, 0.6) is 0 Å². The summed E-state index contributed by atoms with van der Waals surface area (Å²) in [6.45, 7) is 9.30. The minimum absolute atomic E-state index is 0.662. The van der Waals surface area contributed by atoms with Crippen LogP contribution in [0.1, 0.15) is 23.5 Å². The maximum Gasteiger partial charge on any atom is 0.132 e.